The highest BCUT2D eigenvalue weighted by atomic mass is 35.5. The number of hydrogen-bond donors (Lipinski definition) is 0. The van der Waals surface area contributed by atoms with Crippen LogP contribution in [0.1, 0.15) is 18.4 Å². The normalized spacial score (nSPS) is 17.3. The van der Waals surface area contributed by atoms with Crippen LogP contribution < -0.4 is 0 Å². The van der Waals surface area contributed by atoms with Crippen molar-refractivity contribution >= 4 is 31.5 Å². The molecule has 0 amide bonds. The number of halogens is 1. The number of sulfonamides is 1. The molecule has 0 atom stereocenters. The SMILES string of the molecule is O=S(=O)(c1ccccc1)C1CCN(S(=O)(=O)Cc2cccc(Cl)c2)CC1. The zero-order valence-electron chi connectivity index (χ0n) is 14.1. The highest BCUT2D eigenvalue weighted by molar-refractivity contribution is 7.92. The Balaban J connectivity index is 1.68. The van der Waals surface area contributed by atoms with Crippen LogP contribution in [0, 0.1) is 0 Å². The summed E-state index contributed by atoms with van der Waals surface area (Å²) < 4.78 is 52.0. The molecule has 0 spiro atoms. The van der Waals surface area contributed by atoms with Gasteiger partial charge in [-0.3, -0.25) is 0 Å². The van der Waals surface area contributed by atoms with Gasteiger partial charge >= 0.3 is 0 Å². The summed E-state index contributed by atoms with van der Waals surface area (Å²) >= 11 is 5.91. The quantitative estimate of drug-likeness (QED) is 0.755. The maximum absolute atomic E-state index is 12.7. The van der Waals surface area contributed by atoms with Gasteiger partial charge in [-0.1, -0.05) is 41.9 Å². The van der Waals surface area contributed by atoms with Crippen molar-refractivity contribution in [2.24, 2.45) is 0 Å². The third-order valence-electron chi connectivity index (χ3n) is 4.54. The molecule has 140 valence electrons. The van der Waals surface area contributed by atoms with Crippen molar-refractivity contribution in [2.75, 3.05) is 13.1 Å². The Morgan fingerprint density at radius 1 is 0.923 bits per heavy atom. The van der Waals surface area contributed by atoms with Crippen molar-refractivity contribution in [2.45, 2.75) is 28.7 Å². The van der Waals surface area contributed by atoms with E-state index in [1.165, 1.54) is 4.31 Å². The van der Waals surface area contributed by atoms with Gasteiger partial charge in [-0.15, -0.1) is 0 Å². The molecule has 0 aliphatic carbocycles. The minimum Gasteiger partial charge on any atom is -0.223 e. The van der Waals surface area contributed by atoms with E-state index in [1.54, 1.807) is 54.6 Å². The van der Waals surface area contributed by atoms with Gasteiger partial charge in [-0.2, -0.15) is 0 Å². The summed E-state index contributed by atoms with van der Waals surface area (Å²) in [6.07, 6.45) is 0.595. The number of sulfone groups is 1. The zero-order chi connectivity index (χ0) is 18.8. The molecule has 1 heterocycles. The Morgan fingerprint density at radius 2 is 1.58 bits per heavy atom. The van der Waals surface area contributed by atoms with Crippen LogP contribution in [0.3, 0.4) is 0 Å². The van der Waals surface area contributed by atoms with Crippen molar-refractivity contribution in [1.82, 2.24) is 4.31 Å². The van der Waals surface area contributed by atoms with Crippen molar-refractivity contribution in [3.05, 3.63) is 65.2 Å². The average molecular weight is 414 g/mol. The first-order valence-corrected chi connectivity index (χ1v) is 11.8. The number of piperidine rings is 1. The molecule has 2 aromatic carbocycles. The standard InChI is InChI=1S/C18H20ClNO4S2/c19-16-6-4-5-15(13-16)14-25(21,22)20-11-9-18(10-12-20)26(23,24)17-7-2-1-3-8-17/h1-8,13,18H,9-12,14H2. The van der Waals surface area contributed by atoms with Gasteiger partial charge in [0, 0.05) is 18.1 Å². The van der Waals surface area contributed by atoms with E-state index in [-0.39, 0.29) is 18.8 Å². The second-order valence-corrected chi connectivity index (χ2v) is 11.0. The zero-order valence-corrected chi connectivity index (χ0v) is 16.5. The third-order valence-corrected chi connectivity index (χ3v) is 8.91. The maximum Gasteiger partial charge on any atom is 0.218 e. The van der Waals surface area contributed by atoms with Gasteiger partial charge < -0.3 is 0 Å². The van der Waals surface area contributed by atoms with Crippen molar-refractivity contribution < 1.29 is 16.8 Å². The lowest BCUT2D eigenvalue weighted by Crippen LogP contribution is -2.42. The molecule has 5 nitrogen and oxygen atoms in total. The highest BCUT2D eigenvalue weighted by Gasteiger charge is 2.35. The predicted molar refractivity (Wildman–Crippen MR) is 102 cm³/mol. The van der Waals surface area contributed by atoms with E-state index < -0.39 is 25.1 Å². The second-order valence-electron chi connectivity index (χ2n) is 6.34. The predicted octanol–water partition coefficient (Wildman–Crippen LogP) is 3.11. The van der Waals surface area contributed by atoms with Crippen molar-refractivity contribution in [1.29, 1.82) is 0 Å². The molecule has 0 saturated carbocycles. The van der Waals surface area contributed by atoms with Crippen LogP contribution >= 0.6 is 11.6 Å². The van der Waals surface area contributed by atoms with Gasteiger partial charge in [0.05, 0.1) is 15.9 Å². The van der Waals surface area contributed by atoms with Crippen LogP contribution in [0.25, 0.3) is 0 Å². The largest absolute Gasteiger partial charge is 0.223 e. The van der Waals surface area contributed by atoms with Gasteiger partial charge in [0.15, 0.2) is 9.84 Å². The third kappa shape index (κ3) is 4.28. The fourth-order valence-electron chi connectivity index (χ4n) is 3.15. The molecule has 1 aliphatic rings. The van der Waals surface area contributed by atoms with Crippen molar-refractivity contribution in [3.8, 4) is 0 Å². The van der Waals surface area contributed by atoms with Crippen LogP contribution in [0.5, 0.6) is 0 Å². The summed E-state index contributed by atoms with van der Waals surface area (Å²) in [5.74, 6) is -0.135. The van der Waals surface area contributed by atoms with Crippen LogP contribution in [0.4, 0.5) is 0 Å². The lowest BCUT2D eigenvalue weighted by Gasteiger charge is -2.31. The molecular formula is C18H20ClNO4S2. The lowest BCUT2D eigenvalue weighted by molar-refractivity contribution is 0.345. The van der Waals surface area contributed by atoms with Gasteiger partial charge in [0.1, 0.15) is 0 Å². The van der Waals surface area contributed by atoms with E-state index in [1.807, 2.05) is 0 Å². The minimum atomic E-state index is -3.51. The van der Waals surface area contributed by atoms with Gasteiger partial charge in [0.2, 0.25) is 10.0 Å². The highest BCUT2D eigenvalue weighted by Crippen LogP contribution is 2.26. The molecule has 1 aliphatic heterocycles. The van der Waals surface area contributed by atoms with Crippen LogP contribution in [0.2, 0.25) is 5.02 Å². The summed E-state index contributed by atoms with van der Waals surface area (Å²) in [6.45, 7) is 0.416. The first-order valence-electron chi connectivity index (χ1n) is 8.30. The molecular weight excluding hydrogens is 394 g/mol. The molecule has 3 rings (SSSR count). The first-order chi connectivity index (χ1) is 12.3. The van der Waals surface area contributed by atoms with E-state index in [2.05, 4.69) is 0 Å². The summed E-state index contributed by atoms with van der Waals surface area (Å²) in [4.78, 5) is 0.292. The van der Waals surface area contributed by atoms with Crippen molar-refractivity contribution in [3.63, 3.8) is 0 Å². The molecule has 0 aromatic heterocycles. The number of rotatable bonds is 5. The smallest absolute Gasteiger partial charge is 0.218 e. The molecule has 8 heteroatoms. The van der Waals surface area contributed by atoms with Gasteiger partial charge in [0.25, 0.3) is 0 Å². The number of hydrogen-bond acceptors (Lipinski definition) is 4. The van der Waals surface area contributed by atoms with Gasteiger partial charge in [-0.25, -0.2) is 21.1 Å². The second kappa shape index (κ2) is 7.68. The fraction of sp³-hybridized carbons (Fsp3) is 0.333. The summed E-state index contributed by atoms with van der Waals surface area (Å²) in [5, 5.41) is -0.0621. The van der Waals surface area contributed by atoms with Crippen LogP contribution in [-0.4, -0.2) is 39.5 Å². The fourth-order valence-corrected chi connectivity index (χ4v) is 6.67. The summed E-state index contributed by atoms with van der Waals surface area (Å²) in [7, 11) is -6.94. The Hall–Kier alpha value is -1.41. The Labute approximate surface area is 159 Å². The number of nitrogens with zero attached hydrogens (tertiary/aromatic N) is 1. The first kappa shape index (κ1) is 19.4. The molecule has 0 N–H and O–H groups in total. The van der Waals surface area contributed by atoms with E-state index in [9.17, 15) is 16.8 Å². The van der Waals surface area contributed by atoms with E-state index in [0.29, 0.717) is 28.3 Å². The Morgan fingerprint density at radius 3 is 2.19 bits per heavy atom. The summed E-state index contributed by atoms with van der Waals surface area (Å²) in [6, 6.07) is 15.1. The molecule has 1 saturated heterocycles. The molecule has 1 fully saturated rings. The molecule has 0 radical (unpaired) electrons. The Kier molecular flexibility index (Phi) is 5.72. The van der Waals surface area contributed by atoms with E-state index >= 15 is 0 Å². The Bertz CT molecular complexity index is 967. The molecule has 0 bridgehead atoms. The topological polar surface area (TPSA) is 71.5 Å². The lowest BCUT2D eigenvalue weighted by atomic mass is 10.2. The van der Waals surface area contributed by atoms with Gasteiger partial charge in [-0.05, 0) is 42.7 Å². The molecule has 0 unspecified atom stereocenters. The summed E-state index contributed by atoms with van der Waals surface area (Å²) in [5.41, 5.74) is 0.622. The minimum absolute atomic E-state index is 0.135. The van der Waals surface area contributed by atoms with Crippen LogP contribution in [-0.2, 0) is 25.6 Å². The van der Waals surface area contributed by atoms with E-state index in [4.69, 9.17) is 11.6 Å². The maximum atomic E-state index is 12.7. The monoisotopic (exact) mass is 413 g/mol. The van der Waals surface area contributed by atoms with Crippen LogP contribution in [0.15, 0.2) is 59.5 Å². The average Bonchev–Trinajstić information content (AvgIpc) is 2.62. The number of benzene rings is 2. The molecule has 2 aromatic rings. The van der Waals surface area contributed by atoms with E-state index in [0.717, 1.165) is 0 Å². The molecule has 26 heavy (non-hydrogen) atoms.